The average molecular weight is 473 g/mol. The van der Waals surface area contributed by atoms with Gasteiger partial charge in [0.2, 0.25) is 0 Å². The monoisotopic (exact) mass is 472 g/mol. The molecule has 1 aromatic heterocycles. The van der Waals surface area contributed by atoms with Crippen LogP contribution in [0.3, 0.4) is 0 Å². The van der Waals surface area contributed by atoms with E-state index in [1.165, 1.54) is 30.6 Å². The van der Waals surface area contributed by atoms with Crippen LogP contribution in [-0.4, -0.2) is 49.0 Å². The predicted molar refractivity (Wildman–Crippen MR) is 142 cm³/mol. The Labute approximate surface area is 203 Å². The van der Waals surface area contributed by atoms with E-state index < -0.39 is 4.65 Å². The maximum atomic E-state index is 14.2. The van der Waals surface area contributed by atoms with Crippen molar-refractivity contribution in [1.82, 2.24) is 19.8 Å². The van der Waals surface area contributed by atoms with Crippen LogP contribution in [0.4, 0.5) is 5.13 Å². The third-order valence-corrected chi connectivity index (χ3v) is 7.30. The molecule has 2 heterocycles. The zero-order valence-electron chi connectivity index (χ0n) is 20.3. The number of unbranched alkanes of at least 4 members (excludes halogenated alkanes) is 4. The standard InChI is InChI=1S/C26H40N4O2S/c1-4-7-10-12-18-29-20-24(27-17-9-6-3)30(31,21-29)26-28-22-15-14-16-23(25(22)33-26)32-19-13-11-8-5-2/h4,6-7,14-16,24,27H,3,5,8-13,17-21H2,1-2H3. The summed E-state index contributed by atoms with van der Waals surface area (Å²) in [6.07, 6.45) is 13.6. The van der Waals surface area contributed by atoms with Crippen molar-refractivity contribution in [3.63, 3.8) is 0 Å². The number of allylic oxidation sites excluding steroid dienone is 2. The number of rotatable bonds is 15. The topological polar surface area (TPSA) is 60.5 Å². The second-order valence-corrected chi connectivity index (χ2v) is 9.76. The summed E-state index contributed by atoms with van der Waals surface area (Å²) in [7, 11) is 0. The van der Waals surface area contributed by atoms with Gasteiger partial charge < -0.3 is 9.94 Å². The summed E-state index contributed by atoms with van der Waals surface area (Å²) < 4.78 is 6.63. The highest BCUT2D eigenvalue weighted by molar-refractivity contribution is 7.22. The Bertz CT molecular complexity index is 900. The molecule has 2 unspecified atom stereocenters. The van der Waals surface area contributed by atoms with E-state index in [4.69, 9.17) is 9.72 Å². The van der Waals surface area contributed by atoms with E-state index in [0.717, 1.165) is 61.3 Å². The molecule has 1 fully saturated rings. The number of benzene rings is 1. The van der Waals surface area contributed by atoms with E-state index in [2.05, 4.69) is 35.9 Å². The second kappa shape index (κ2) is 13.2. The van der Waals surface area contributed by atoms with E-state index in [-0.39, 0.29) is 6.17 Å². The van der Waals surface area contributed by atoms with Gasteiger partial charge in [0.05, 0.1) is 18.7 Å². The summed E-state index contributed by atoms with van der Waals surface area (Å²) in [6, 6.07) is 5.95. The molecule has 1 aromatic carbocycles. The number of nitrogens with zero attached hydrogens (tertiary/aromatic N) is 3. The predicted octanol–water partition coefficient (Wildman–Crippen LogP) is 6.18. The summed E-state index contributed by atoms with van der Waals surface area (Å²) in [6.45, 7) is 11.6. The van der Waals surface area contributed by atoms with Gasteiger partial charge in [0, 0.05) is 13.1 Å². The summed E-state index contributed by atoms with van der Waals surface area (Å²) >= 11 is 1.49. The highest BCUT2D eigenvalue weighted by atomic mass is 32.1. The molecule has 0 bridgehead atoms. The van der Waals surface area contributed by atoms with Gasteiger partial charge in [-0.2, -0.15) is 4.98 Å². The fourth-order valence-electron chi connectivity index (χ4n) is 4.25. The number of thiazole rings is 1. The molecule has 3 rings (SSSR count). The van der Waals surface area contributed by atoms with Crippen LogP contribution in [0.1, 0.15) is 58.8 Å². The molecular weight excluding hydrogens is 432 g/mol. The lowest BCUT2D eigenvalue weighted by Crippen LogP contribution is -2.55. The van der Waals surface area contributed by atoms with Crippen LogP contribution < -0.4 is 14.7 Å². The van der Waals surface area contributed by atoms with Gasteiger partial charge in [-0.05, 0) is 44.7 Å². The van der Waals surface area contributed by atoms with Crippen LogP contribution in [-0.2, 0) is 0 Å². The number of hydrogen-bond acceptors (Lipinski definition) is 6. The summed E-state index contributed by atoms with van der Waals surface area (Å²) in [5.41, 5.74) is 0.853. The van der Waals surface area contributed by atoms with Crippen molar-refractivity contribution >= 4 is 26.7 Å². The van der Waals surface area contributed by atoms with E-state index in [1.807, 2.05) is 31.2 Å². The Morgan fingerprint density at radius 1 is 1.30 bits per heavy atom. The van der Waals surface area contributed by atoms with Crippen LogP contribution in [0.15, 0.2) is 43.0 Å². The van der Waals surface area contributed by atoms with Crippen molar-refractivity contribution < 1.29 is 4.74 Å². The van der Waals surface area contributed by atoms with Gasteiger partial charge in [0.25, 0.3) is 5.13 Å². The van der Waals surface area contributed by atoms with Crippen LogP contribution in [0.2, 0.25) is 0 Å². The smallest absolute Gasteiger partial charge is 0.289 e. The van der Waals surface area contributed by atoms with Gasteiger partial charge in [-0.1, -0.05) is 61.8 Å². The molecule has 0 spiro atoms. The lowest BCUT2D eigenvalue weighted by atomic mass is 10.2. The lowest BCUT2D eigenvalue weighted by Gasteiger charge is -2.40. The fraction of sp³-hybridized carbons (Fsp3) is 0.577. The number of fused-ring (bicyclic) bond motifs is 1. The molecule has 7 heteroatoms. The maximum Gasteiger partial charge on any atom is 0.289 e. The molecule has 1 aliphatic heterocycles. The Balaban J connectivity index is 1.77. The van der Waals surface area contributed by atoms with Crippen molar-refractivity contribution in [2.45, 2.75) is 65.0 Å². The van der Waals surface area contributed by atoms with Gasteiger partial charge in [0.1, 0.15) is 17.1 Å². The first-order chi connectivity index (χ1) is 16.1. The van der Waals surface area contributed by atoms with Crippen molar-refractivity contribution in [1.29, 1.82) is 0 Å². The van der Waals surface area contributed by atoms with Crippen LogP contribution >= 0.6 is 11.3 Å². The van der Waals surface area contributed by atoms with E-state index in [1.54, 1.807) is 0 Å². The van der Waals surface area contributed by atoms with Gasteiger partial charge >= 0.3 is 0 Å². The van der Waals surface area contributed by atoms with E-state index >= 15 is 0 Å². The highest BCUT2D eigenvalue weighted by Crippen LogP contribution is 2.40. The molecule has 6 nitrogen and oxygen atoms in total. The Morgan fingerprint density at radius 2 is 2.18 bits per heavy atom. The minimum absolute atomic E-state index is 0.231. The van der Waals surface area contributed by atoms with Gasteiger partial charge in [0.15, 0.2) is 6.17 Å². The van der Waals surface area contributed by atoms with Gasteiger partial charge in [-0.3, -0.25) is 9.96 Å². The second-order valence-electron chi connectivity index (χ2n) is 8.78. The summed E-state index contributed by atoms with van der Waals surface area (Å²) in [4.78, 5) is 7.08. The first kappa shape index (κ1) is 25.8. The first-order valence-corrected chi connectivity index (χ1v) is 13.2. The molecule has 33 heavy (non-hydrogen) atoms. The quantitative estimate of drug-likeness (QED) is 0.145. The molecule has 0 aliphatic carbocycles. The molecule has 1 saturated heterocycles. The number of hydroxylamine groups is 2. The number of quaternary nitrogens is 1. The van der Waals surface area contributed by atoms with E-state index in [0.29, 0.717) is 18.4 Å². The number of ether oxygens (including phenoxy) is 1. The third kappa shape index (κ3) is 6.87. The van der Waals surface area contributed by atoms with Crippen LogP contribution in [0.5, 0.6) is 5.75 Å². The maximum absolute atomic E-state index is 14.2. The SMILES string of the molecule is C=CCCNC1CN(CCCC=CC)C[N+]1([O-])c1nc2cccc(OCCCCCC)c2s1. The molecule has 0 amide bonds. The molecule has 0 saturated carbocycles. The Morgan fingerprint density at radius 3 is 2.97 bits per heavy atom. The molecule has 182 valence electrons. The van der Waals surface area contributed by atoms with E-state index in [9.17, 15) is 5.21 Å². The Kier molecular flexibility index (Phi) is 10.3. The number of aromatic nitrogens is 1. The van der Waals surface area contributed by atoms with Crippen molar-refractivity contribution in [3.8, 4) is 5.75 Å². The lowest BCUT2D eigenvalue weighted by molar-refractivity contribution is 0.271. The minimum Gasteiger partial charge on any atom is -0.623 e. The third-order valence-electron chi connectivity index (χ3n) is 6.10. The first-order valence-electron chi connectivity index (χ1n) is 12.4. The summed E-state index contributed by atoms with van der Waals surface area (Å²) in [5.74, 6) is 0.845. The normalized spacial score (nSPS) is 21.4. The molecular formula is C26H40N4O2S. The molecule has 1 N–H and O–H groups in total. The van der Waals surface area contributed by atoms with Crippen molar-refractivity contribution in [3.05, 3.63) is 48.2 Å². The highest BCUT2D eigenvalue weighted by Gasteiger charge is 2.43. The molecule has 1 aliphatic rings. The molecule has 0 radical (unpaired) electrons. The largest absolute Gasteiger partial charge is 0.623 e. The Hall–Kier alpha value is -1.77. The molecule has 2 atom stereocenters. The number of hydrogen-bond donors (Lipinski definition) is 1. The van der Waals surface area contributed by atoms with Crippen molar-refractivity contribution in [2.75, 3.05) is 32.9 Å². The number of nitrogens with one attached hydrogen (secondary N) is 1. The van der Waals surface area contributed by atoms with Crippen LogP contribution in [0, 0.1) is 5.21 Å². The zero-order valence-corrected chi connectivity index (χ0v) is 21.1. The zero-order chi connectivity index (χ0) is 23.5. The van der Waals surface area contributed by atoms with Crippen LogP contribution in [0.25, 0.3) is 10.2 Å². The summed E-state index contributed by atoms with van der Waals surface area (Å²) in [5, 5.41) is 18.3. The average Bonchev–Trinajstić information content (AvgIpc) is 3.40. The van der Waals surface area contributed by atoms with Crippen molar-refractivity contribution in [2.24, 2.45) is 0 Å². The minimum atomic E-state index is -0.448. The molecule has 2 aromatic rings. The fourth-order valence-corrected chi connectivity index (χ4v) is 5.36. The van der Waals surface area contributed by atoms with Gasteiger partial charge in [-0.15, -0.1) is 6.58 Å². The van der Waals surface area contributed by atoms with Gasteiger partial charge in [-0.25, -0.2) is 4.90 Å².